The van der Waals surface area contributed by atoms with Crippen LogP contribution in [0.3, 0.4) is 0 Å². The maximum Gasteiger partial charge on any atom is 0.413 e. The lowest BCUT2D eigenvalue weighted by Crippen LogP contribution is -2.34. The fourth-order valence-corrected chi connectivity index (χ4v) is 3.84. The van der Waals surface area contributed by atoms with E-state index in [0.29, 0.717) is 11.9 Å². The van der Waals surface area contributed by atoms with Gasteiger partial charge < -0.3 is 10.1 Å². The first-order chi connectivity index (χ1) is 11.8. The largest absolute Gasteiger partial charge is 0.444 e. The van der Waals surface area contributed by atoms with Gasteiger partial charge in [-0.25, -0.2) is 4.79 Å². The van der Waals surface area contributed by atoms with Gasteiger partial charge in [-0.3, -0.25) is 10.00 Å². The topological polar surface area (TPSA) is 68.2 Å². The zero-order valence-electron chi connectivity index (χ0n) is 16.0. The second-order valence-electron chi connectivity index (χ2n) is 8.61. The number of aryl methyl sites for hydroxylation is 1. The van der Waals surface area contributed by atoms with E-state index in [1.807, 2.05) is 34.0 Å². The SMILES string of the molecule is Cn1ncc(CNC2CCCC(C3CC3)C2)c1NC(=O)OC(C)(C)C. The molecule has 6 heteroatoms. The molecule has 6 nitrogen and oxygen atoms in total. The monoisotopic (exact) mass is 348 g/mol. The number of nitrogens with one attached hydrogen (secondary N) is 2. The molecule has 1 heterocycles. The molecule has 0 aliphatic heterocycles. The number of rotatable bonds is 5. The zero-order chi connectivity index (χ0) is 18.0. The van der Waals surface area contributed by atoms with Crippen molar-refractivity contribution in [2.24, 2.45) is 18.9 Å². The molecule has 0 radical (unpaired) electrons. The van der Waals surface area contributed by atoms with Crippen molar-refractivity contribution in [1.29, 1.82) is 0 Å². The Morgan fingerprint density at radius 2 is 2.04 bits per heavy atom. The van der Waals surface area contributed by atoms with Gasteiger partial charge in [0.25, 0.3) is 0 Å². The lowest BCUT2D eigenvalue weighted by Gasteiger charge is -2.30. The Morgan fingerprint density at radius 3 is 2.72 bits per heavy atom. The molecule has 2 atom stereocenters. The summed E-state index contributed by atoms with van der Waals surface area (Å²) < 4.78 is 7.04. The van der Waals surface area contributed by atoms with Crippen molar-refractivity contribution in [3.63, 3.8) is 0 Å². The third-order valence-corrected chi connectivity index (χ3v) is 5.22. The molecular weight excluding hydrogens is 316 g/mol. The van der Waals surface area contributed by atoms with Crippen LogP contribution in [0.4, 0.5) is 10.6 Å². The Bertz CT molecular complexity index is 601. The Labute approximate surface area is 150 Å². The van der Waals surface area contributed by atoms with Crippen LogP contribution in [0.1, 0.15) is 64.9 Å². The molecular formula is C19H32N4O2. The number of hydrogen-bond acceptors (Lipinski definition) is 4. The van der Waals surface area contributed by atoms with Crippen molar-refractivity contribution in [3.8, 4) is 0 Å². The van der Waals surface area contributed by atoms with Gasteiger partial charge in [0.05, 0.1) is 6.20 Å². The summed E-state index contributed by atoms with van der Waals surface area (Å²) in [6.45, 7) is 6.30. The smallest absolute Gasteiger partial charge is 0.413 e. The molecule has 25 heavy (non-hydrogen) atoms. The third kappa shape index (κ3) is 5.21. The summed E-state index contributed by atoms with van der Waals surface area (Å²) in [7, 11) is 1.83. The van der Waals surface area contributed by atoms with Crippen molar-refractivity contribution in [3.05, 3.63) is 11.8 Å². The first-order valence-electron chi connectivity index (χ1n) is 9.56. The summed E-state index contributed by atoms with van der Waals surface area (Å²) >= 11 is 0. The molecule has 2 N–H and O–H groups in total. The number of nitrogens with zero attached hydrogens (tertiary/aromatic N) is 2. The summed E-state index contributed by atoms with van der Waals surface area (Å²) in [4.78, 5) is 12.1. The molecule has 2 aliphatic carbocycles. The van der Waals surface area contributed by atoms with E-state index in [-0.39, 0.29) is 0 Å². The minimum atomic E-state index is -0.513. The average Bonchev–Trinajstić information content (AvgIpc) is 3.31. The van der Waals surface area contributed by atoms with Crippen LogP contribution in [0.25, 0.3) is 0 Å². The second kappa shape index (κ2) is 7.36. The highest BCUT2D eigenvalue weighted by Crippen LogP contribution is 2.43. The molecule has 1 amide bonds. The summed E-state index contributed by atoms with van der Waals surface area (Å²) in [6.07, 6.45) is 9.52. The minimum Gasteiger partial charge on any atom is -0.444 e. The predicted molar refractivity (Wildman–Crippen MR) is 98.4 cm³/mol. The second-order valence-corrected chi connectivity index (χ2v) is 8.61. The molecule has 0 bridgehead atoms. The van der Waals surface area contributed by atoms with Crippen LogP contribution in [0.15, 0.2) is 6.20 Å². The molecule has 2 saturated carbocycles. The van der Waals surface area contributed by atoms with E-state index < -0.39 is 11.7 Å². The third-order valence-electron chi connectivity index (χ3n) is 5.22. The first-order valence-corrected chi connectivity index (χ1v) is 9.56. The van der Waals surface area contributed by atoms with E-state index in [0.717, 1.165) is 23.9 Å². The molecule has 1 aromatic heterocycles. The number of anilines is 1. The zero-order valence-corrected chi connectivity index (χ0v) is 16.0. The lowest BCUT2D eigenvalue weighted by atomic mass is 9.82. The summed E-state index contributed by atoms with van der Waals surface area (Å²) in [5.41, 5.74) is 0.489. The van der Waals surface area contributed by atoms with E-state index in [9.17, 15) is 4.79 Å². The first kappa shape index (κ1) is 18.2. The Morgan fingerprint density at radius 1 is 1.28 bits per heavy atom. The van der Waals surface area contributed by atoms with Gasteiger partial charge in [-0.1, -0.05) is 12.8 Å². The molecule has 0 saturated heterocycles. The van der Waals surface area contributed by atoms with Crippen molar-refractivity contribution in [2.45, 2.75) is 77.5 Å². The standard InChI is InChI=1S/C19H32N4O2/c1-19(2,3)25-18(24)22-17-15(12-21-23(17)4)11-20-16-7-5-6-14(10-16)13-8-9-13/h12-14,16,20H,5-11H2,1-4H3,(H,22,24). The van der Waals surface area contributed by atoms with E-state index in [2.05, 4.69) is 15.7 Å². The van der Waals surface area contributed by atoms with Gasteiger partial charge in [0.1, 0.15) is 11.4 Å². The summed E-state index contributed by atoms with van der Waals surface area (Å²) in [5, 5.41) is 10.8. The van der Waals surface area contributed by atoms with Crippen molar-refractivity contribution in [2.75, 3.05) is 5.32 Å². The van der Waals surface area contributed by atoms with Crippen molar-refractivity contribution >= 4 is 11.9 Å². The Balaban J connectivity index is 1.55. The number of carbonyl (C=O) groups is 1. The highest BCUT2D eigenvalue weighted by Gasteiger charge is 2.34. The normalized spacial score (nSPS) is 24.2. The van der Waals surface area contributed by atoms with E-state index in [1.165, 1.54) is 38.5 Å². The highest BCUT2D eigenvalue weighted by molar-refractivity contribution is 5.84. The number of ether oxygens (including phenoxy) is 1. The maximum absolute atomic E-state index is 12.1. The van der Waals surface area contributed by atoms with Crippen LogP contribution >= 0.6 is 0 Å². The number of hydrogen-bond donors (Lipinski definition) is 2. The van der Waals surface area contributed by atoms with Crippen LogP contribution in [0, 0.1) is 11.8 Å². The van der Waals surface area contributed by atoms with Gasteiger partial charge in [0.15, 0.2) is 0 Å². The van der Waals surface area contributed by atoms with Gasteiger partial charge in [0, 0.05) is 25.2 Å². The van der Waals surface area contributed by atoms with Gasteiger partial charge in [-0.2, -0.15) is 5.10 Å². The molecule has 2 fully saturated rings. The number of aromatic nitrogens is 2. The minimum absolute atomic E-state index is 0.441. The average molecular weight is 348 g/mol. The summed E-state index contributed by atoms with van der Waals surface area (Å²) in [6, 6.07) is 0.578. The van der Waals surface area contributed by atoms with Gasteiger partial charge in [0.2, 0.25) is 0 Å². The Kier molecular flexibility index (Phi) is 5.37. The number of carbonyl (C=O) groups excluding carboxylic acids is 1. The van der Waals surface area contributed by atoms with Gasteiger partial charge in [-0.05, 0) is 58.3 Å². The molecule has 1 aromatic rings. The highest BCUT2D eigenvalue weighted by atomic mass is 16.6. The predicted octanol–water partition coefficient (Wildman–Crippen LogP) is 3.83. The van der Waals surface area contributed by atoms with Gasteiger partial charge >= 0.3 is 6.09 Å². The lowest BCUT2D eigenvalue weighted by molar-refractivity contribution is 0.0634. The molecule has 2 unspecified atom stereocenters. The maximum atomic E-state index is 12.1. The molecule has 2 aliphatic rings. The number of amides is 1. The molecule has 3 rings (SSSR count). The van der Waals surface area contributed by atoms with Gasteiger partial charge in [-0.15, -0.1) is 0 Å². The van der Waals surface area contributed by atoms with Crippen LogP contribution < -0.4 is 10.6 Å². The van der Waals surface area contributed by atoms with E-state index >= 15 is 0 Å². The van der Waals surface area contributed by atoms with Crippen LogP contribution in [-0.2, 0) is 18.3 Å². The van der Waals surface area contributed by atoms with Crippen molar-refractivity contribution in [1.82, 2.24) is 15.1 Å². The quantitative estimate of drug-likeness (QED) is 0.849. The molecule has 140 valence electrons. The van der Waals surface area contributed by atoms with Crippen LogP contribution in [0.2, 0.25) is 0 Å². The van der Waals surface area contributed by atoms with Crippen molar-refractivity contribution < 1.29 is 9.53 Å². The van der Waals surface area contributed by atoms with Crippen LogP contribution in [0.5, 0.6) is 0 Å². The fraction of sp³-hybridized carbons (Fsp3) is 0.789. The van der Waals surface area contributed by atoms with E-state index in [1.54, 1.807) is 4.68 Å². The summed E-state index contributed by atoms with van der Waals surface area (Å²) in [5.74, 6) is 2.61. The molecule has 0 spiro atoms. The Hall–Kier alpha value is -1.56. The van der Waals surface area contributed by atoms with E-state index in [4.69, 9.17) is 4.74 Å². The fourth-order valence-electron chi connectivity index (χ4n) is 3.84. The van der Waals surface area contributed by atoms with Crippen LogP contribution in [-0.4, -0.2) is 27.5 Å². The molecule has 0 aromatic carbocycles.